The quantitative estimate of drug-likeness (QED) is 0.0588. The lowest BCUT2D eigenvalue weighted by Gasteiger charge is -2.32. The van der Waals surface area contributed by atoms with Crippen LogP contribution in [0.1, 0.15) is 59.6 Å². The highest BCUT2D eigenvalue weighted by Gasteiger charge is 2.32. The zero-order chi connectivity index (χ0) is 37.4. The molecule has 0 saturated carbocycles. The van der Waals surface area contributed by atoms with E-state index in [0.717, 1.165) is 0 Å². The van der Waals surface area contributed by atoms with Crippen molar-refractivity contribution in [2.75, 3.05) is 53.8 Å². The Bertz CT molecular complexity index is 1310. The molecule has 3 amide bonds. The first kappa shape index (κ1) is 43.1. The number of amides is 3. The summed E-state index contributed by atoms with van der Waals surface area (Å²) in [6, 6.07) is 2.93. The number of phenols is 1. The largest absolute Gasteiger partial charge is 0.505 e. The number of carbonyl (C=O) groups is 3. The van der Waals surface area contributed by atoms with Gasteiger partial charge < -0.3 is 50.1 Å². The van der Waals surface area contributed by atoms with Crippen molar-refractivity contribution in [3.63, 3.8) is 0 Å². The van der Waals surface area contributed by atoms with E-state index in [4.69, 9.17) is 29.4 Å². The molecule has 6 atom stereocenters. The van der Waals surface area contributed by atoms with Gasteiger partial charge in [-0.05, 0) is 50.8 Å². The van der Waals surface area contributed by atoms with E-state index < -0.39 is 30.3 Å². The molecule has 0 radical (unpaired) electrons. The zero-order valence-electron chi connectivity index (χ0n) is 31.0. The number of primary amides is 1. The molecular formula is C36H58N4O9. The Kier molecular flexibility index (Phi) is 18.7. The highest BCUT2D eigenvalue weighted by atomic mass is 16.6. The molecular weight excluding hydrogens is 632 g/mol. The number of carbonyl (C=O) groups excluding carboxylic acids is 3. The van der Waals surface area contributed by atoms with Gasteiger partial charge >= 0.3 is 12.2 Å². The van der Waals surface area contributed by atoms with Gasteiger partial charge in [0, 0.05) is 64.6 Å². The van der Waals surface area contributed by atoms with E-state index in [1.54, 1.807) is 60.4 Å². The lowest BCUT2D eigenvalue weighted by atomic mass is 9.87. The van der Waals surface area contributed by atoms with Crippen LogP contribution in [-0.2, 0) is 23.7 Å². The van der Waals surface area contributed by atoms with Gasteiger partial charge in [0.1, 0.15) is 17.6 Å². The predicted molar refractivity (Wildman–Crippen MR) is 191 cm³/mol. The summed E-state index contributed by atoms with van der Waals surface area (Å²) in [5.74, 6) is -0.936. The van der Waals surface area contributed by atoms with Crippen LogP contribution in [0.5, 0.6) is 11.5 Å². The van der Waals surface area contributed by atoms with Crippen LogP contribution in [0.25, 0.3) is 0 Å². The van der Waals surface area contributed by atoms with Crippen LogP contribution in [0.2, 0.25) is 0 Å². The number of nitrogens with one attached hydrogen (secondary N) is 2. The molecule has 49 heavy (non-hydrogen) atoms. The molecule has 1 rings (SSSR count). The third-order valence-electron chi connectivity index (χ3n) is 8.18. The van der Waals surface area contributed by atoms with Gasteiger partial charge in [0.25, 0.3) is 5.91 Å². The molecule has 1 aromatic carbocycles. The van der Waals surface area contributed by atoms with Gasteiger partial charge in [-0.3, -0.25) is 4.79 Å². The molecule has 0 saturated heterocycles. The van der Waals surface area contributed by atoms with Crippen LogP contribution in [0.3, 0.4) is 0 Å². The fourth-order valence-electron chi connectivity index (χ4n) is 5.48. The Labute approximate surface area is 291 Å². The minimum atomic E-state index is -0.908. The number of rotatable bonds is 20. The summed E-state index contributed by atoms with van der Waals surface area (Å²) in [6.07, 6.45) is 2.24. The SMILES string of the molecule is C=C(C)[C@H](OC(N)=O)[C@@H](C)/C=C\C=C(/C)C(=O)Nc1cc(OC(=O)N(C)CCNC)cc([C@H](OC)[C@@H](C)C[C@H](OC)[C@H](OC)C(C)C)c1O. The summed E-state index contributed by atoms with van der Waals surface area (Å²) >= 11 is 0. The fraction of sp³-hybridized carbons (Fsp3) is 0.583. The zero-order valence-corrected chi connectivity index (χ0v) is 31.0. The van der Waals surface area contributed by atoms with Crippen LogP contribution >= 0.6 is 0 Å². The van der Waals surface area contributed by atoms with Crippen molar-refractivity contribution >= 4 is 23.8 Å². The predicted octanol–water partition coefficient (Wildman–Crippen LogP) is 5.56. The molecule has 13 nitrogen and oxygen atoms in total. The van der Waals surface area contributed by atoms with E-state index in [0.29, 0.717) is 36.2 Å². The normalized spacial score (nSPS) is 15.6. The average molecular weight is 691 g/mol. The highest BCUT2D eigenvalue weighted by Crippen LogP contribution is 2.42. The number of nitrogens with two attached hydrogens (primary N) is 1. The summed E-state index contributed by atoms with van der Waals surface area (Å²) in [4.78, 5) is 38.9. The summed E-state index contributed by atoms with van der Waals surface area (Å²) < 4.78 is 28.3. The van der Waals surface area contributed by atoms with E-state index >= 15 is 0 Å². The number of hydrogen-bond acceptors (Lipinski definition) is 10. The number of benzene rings is 1. The summed E-state index contributed by atoms with van der Waals surface area (Å²) in [5, 5.41) is 17.2. The monoisotopic (exact) mass is 690 g/mol. The molecule has 0 aliphatic carbocycles. The first-order valence-electron chi connectivity index (χ1n) is 16.3. The Morgan fingerprint density at radius 1 is 1.06 bits per heavy atom. The Morgan fingerprint density at radius 3 is 2.22 bits per heavy atom. The van der Waals surface area contributed by atoms with E-state index in [1.165, 1.54) is 24.1 Å². The number of hydrogen-bond donors (Lipinski definition) is 4. The minimum absolute atomic E-state index is 0.0277. The van der Waals surface area contributed by atoms with Gasteiger partial charge in [0.05, 0.1) is 24.0 Å². The average Bonchev–Trinajstić information content (AvgIpc) is 3.03. The number of likely N-dealkylation sites (N-methyl/N-ethyl adjacent to an activating group) is 2. The van der Waals surface area contributed by atoms with Crippen LogP contribution in [-0.4, -0.2) is 94.9 Å². The van der Waals surface area contributed by atoms with Gasteiger partial charge in [-0.1, -0.05) is 52.5 Å². The van der Waals surface area contributed by atoms with Gasteiger partial charge in [-0.15, -0.1) is 0 Å². The van der Waals surface area contributed by atoms with Crippen LogP contribution in [0, 0.1) is 17.8 Å². The third kappa shape index (κ3) is 13.5. The number of aromatic hydroxyl groups is 1. The van der Waals surface area contributed by atoms with Gasteiger partial charge in [-0.25, -0.2) is 9.59 Å². The number of phenolic OH excluding ortho intramolecular Hbond substituents is 1. The molecule has 5 N–H and O–H groups in total. The minimum Gasteiger partial charge on any atom is -0.505 e. The molecule has 13 heteroatoms. The van der Waals surface area contributed by atoms with E-state index in [-0.39, 0.29) is 47.1 Å². The molecule has 1 aromatic rings. The first-order chi connectivity index (χ1) is 23.0. The Hall–Kier alpha value is -3.91. The Morgan fingerprint density at radius 2 is 1.71 bits per heavy atom. The maximum absolute atomic E-state index is 13.3. The molecule has 0 aromatic heterocycles. The van der Waals surface area contributed by atoms with Crippen molar-refractivity contribution in [2.24, 2.45) is 23.5 Å². The number of anilines is 1. The first-order valence-corrected chi connectivity index (χ1v) is 16.3. The van der Waals surface area contributed by atoms with Crippen molar-refractivity contribution < 1.29 is 43.2 Å². The van der Waals surface area contributed by atoms with Gasteiger partial charge in [0.15, 0.2) is 0 Å². The molecule has 0 bridgehead atoms. The van der Waals surface area contributed by atoms with E-state index in [9.17, 15) is 19.5 Å². The molecule has 276 valence electrons. The van der Waals surface area contributed by atoms with E-state index in [1.807, 2.05) is 13.8 Å². The molecule has 0 unspecified atom stereocenters. The number of nitrogens with zero attached hydrogens (tertiary/aromatic N) is 1. The van der Waals surface area contributed by atoms with Gasteiger partial charge in [0.2, 0.25) is 0 Å². The van der Waals surface area contributed by atoms with Crippen LogP contribution < -0.4 is 21.1 Å². The molecule has 0 heterocycles. The van der Waals surface area contributed by atoms with Crippen molar-refractivity contribution in [3.05, 3.63) is 53.6 Å². The van der Waals surface area contributed by atoms with Crippen LogP contribution in [0.4, 0.5) is 15.3 Å². The number of allylic oxidation sites excluding steroid dienone is 2. The van der Waals surface area contributed by atoms with Crippen molar-refractivity contribution in [2.45, 2.75) is 72.4 Å². The summed E-state index contributed by atoms with van der Waals surface area (Å²) in [5.41, 5.74) is 6.46. The lowest BCUT2D eigenvalue weighted by molar-refractivity contribution is -0.112. The fourth-order valence-corrected chi connectivity index (χ4v) is 5.48. The van der Waals surface area contributed by atoms with Gasteiger partial charge in [-0.2, -0.15) is 0 Å². The third-order valence-corrected chi connectivity index (χ3v) is 8.18. The van der Waals surface area contributed by atoms with E-state index in [2.05, 4.69) is 31.1 Å². The Balaban J connectivity index is 3.51. The summed E-state index contributed by atoms with van der Waals surface area (Å²) in [7, 11) is 8.18. The molecule has 0 fully saturated rings. The molecule has 0 spiro atoms. The maximum Gasteiger partial charge on any atom is 0.415 e. The van der Waals surface area contributed by atoms with Crippen LogP contribution in [0.15, 0.2) is 48.1 Å². The van der Waals surface area contributed by atoms with Crippen molar-refractivity contribution in [1.82, 2.24) is 10.2 Å². The second-order valence-corrected chi connectivity index (χ2v) is 12.6. The van der Waals surface area contributed by atoms with Crippen molar-refractivity contribution in [1.29, 1.82) is 0 Å². The lowest BCUT2D eigenvalue weighted by Crippen LogP contribution is -2.36. The maximum atomic E-state index is 13.3. The highest BCUT2D eigenvalue weighted by molar-refractivity contribution is 6.04. The van der Waals surface area contributed by atoms with Crippen molar-refractivity contribution in [3.8, 4) is 11.5 Å². The topological polar surface area (TPSA) is 171 Å². The summed E-state index contributed by atoms with van der Waals surface area (Å²) in [6.45, 7) is 16.0. The molecule has 0 aliphatic heterocycles. The smallest absolute Gasteiger partial charge is 0.415 e. The number of methoxy groups -OCH3 is 3. The molecule has 0 aliphatic rings. The second-order valence-electron chi connectivity index (χ2n) is 12.6. The second kappa shape index (κ2) is 21.2. The number of ether oxygens (including phenoxy) is 5. The standard InChI is InChI=1S/C36H58N4O9/c1-21(2)31(49-35(37)43)23(5)14-13-15-24(6)34(42)39-28-20-26(48-36(44)40(9)17-16-38-8)19-27(30(28)41)33(47-12)25(7)18-29(45-10)32(46-11)22(3)4/h13-15,19-20,22-23,25,29,31-33,38,41H,1,16-18H2,2-12H3,(H2,37,43)(H,39,42)/b14-13-,24-15+/t23-,25-,29-,31-,32+,33+/m0/s1.